The molecule has 88 valence electrons. The first-order chi connectivity index (χ1) is 8.09. The van der Waals surface area contributed by atoms with Crippen LogP contribution >= 0.6 is 15.9 Å². The lowest BCUT2D eigenvalue weighted by molar-refractivity contribution is 0.215. The number of hydrogen-bond acceptors (Lipinski definition) is 3. The molecule has 0 aliphatic carbocycles. The molecule has 0 aliphatic heterocycles. The molecule has 1 atom stereocenters. The van der Waals surface area contributed by atoms with Gasteiger partial charge in [-0.15, -0.1) is 0 Å². The summed E-state index contributed by atoms with van der Waals surface area (Å²) in [6, 6.07) is 7.73. The summed E-state index contributed by atoms with van der Waals surface area (Å²) in [6.07, 6.45) is 0.403. The average Bonchev–Trinajstić information content (AvgIpc) is 2.29. The van der Waals surface area contributed by atoms with Crippen molar-refractivity contribution in [2.45, 2.75) is 6.10 Å². The lowest BCUT2D eigenvalue weighted by Crippen LogP contribution is -2.06. The minimum Gasteiger partial charge on any atom is -0.383 e. The number of halogens is 2. The van der Waals surface area contributed by atoms with Gasteiger partial charge in [0.25, 0.3) is 0 Å². The predicted molar refractivity (Wildman–Crippen MR) is 66.8 cm³/mol. The molecule has 0 bridgehead atoms. The van der Waals surface area contributed by atoms with Gasteiger partial charge in [-0.25, -0.2) is 9.37 Å². The summed E-state index contributed by atoms with van der Waals surface area (Å²) in [5.74, 6) is -0.294. The van der Waals surface area contributed by atoms with E-state index in [9.17, 15) is 9.50 Å². The molecule has 3 N–H and O–H groups in total. The molecule has 17 heavy (non-hydrogen) atoms. The van der Waals surface area contributed by atoms with E-state index in [-0.39, 0.29) is 11.4 Å². The van der Waals surface area contributed by atoms with E-state index in [2.05, 4.69) is 20.9 Å². The monoisotopic (exact) mass is 296 g/mol. The second kappa shape index (κ2) is 4.81. The standard InChI is InChI=1S/C12H10BrFN2O/c13-7-3-4-8(10(14)6-7)11(17)9-2-1-5-16-12(9)15/h1-6,11,17H,(H2,15,16). The summed E-state index contributed by atoms with van der Waals surface area (Å²) in [5.41, 5.74) is 6.21. The Kier molecular flexibility index (Phi) is 3.40. The van der Waals surface area contributed by atoms with Crippen LogP contribution in [0.4, 0.5) is 10.2 Å². The number of nitrogens with two attached hydrogens (primary N) is 1. The van der Waals surface area contributed by atoms with Gasteiger partial charge in [0.1, 0.15) is 17.7 Å². The van der Waals surface area contributed by atoms with E-state index in [0.29, 0.717) is 10.0 Å². The number of nitrogens with zero attached hydrogens (tertiary/aromatic N) is 1. The third-order valence-electron chi connectivity index (χ3n) is 2.42. The Morgan fingerprint density at radius 2 is 2.06 bits per heavy atom. The number of aromatic nitrogens is 1. The Bertz CT molecular complexity index is 548. The van der Waals surface area contributed by atoms with Crippen LogP contribution in [0.25, 0.3) is 0 Å². The normalized spacial score (nSPS) is 12.4. The fourth-order valence-electron chi connectivity index (χ4n) is 1.55. The highest BCUT2D eigenvalue weighted by molar-refractivity contribution is 9.10. The average molecular weight is 297 g/mol. The van der Waals surface area contributed by atoms with Crippen molar-refractivity contribution in [2.24, 2.45) is 0 Å². The number of anilines is 1. The Morgan fingerprint density at radius 1 is 1.29 bits per heavy atom. The van der Waals surface area contributed by atoms with E-state index in [1.165, 1.54) is 18.3 Å². The maximum atomic E-state index is 13.7. The van der Waals surface area contributed by atoms with Gasteiger partial charge in [0.05, 0.1) is 0 Å². The molecule has 0 amide bonds. The lowest BCUT2D eigenvalue weighted by Gasteiger charge is -2.13. The van der Waals surface area contributed by atoms with Gasteiger partial charge < -0.3 is 10.8 Å². The van der Waals surface area contributed by atoms with Gasteiger partial charge in [-0.3, -0.25) is 0 Å². The smallest absolute Gasteiger partial charge is 0.130 e. The quantitative estimate of drug-likeness (QED) is 0.896. The molecule has 0 saturated carbocycles. The number of pyridine rings is 1. The minimum absolute atomic E-state index is 0.174. The molecule has 0 radical (unpaired) electrons. The van der Waals surface area contributed by atoms with Gasteiger partial charge in [0.2, 0.25) is 0 Å². The van der Waals surface area contributed by atoms with Gasteiger partial charge in [0, 0.05) is 21.8 Å². The number of benzene rings is 1. The van der Waals surface area contributed by atoms with E-state index in [0.717, 1.165) is 0 Å². The molecule has 3 nitrogen and oxygen atoms in total. The SMILES string of the molecule is Nc1ncccc1C(O)c1ccc(Br)cc1F. The zero-order chi connectivity index (χ0) is 12.4. The summed E-state index contributed by atoms with van der Waals surface area (Å²) in [6.45, 7) is 0. The van der Waals surface area contributed by atoms with Crippen molar-refractivity contribution in [1.82, 2.24) is 4.98 Å². The molecular formula is C12H10BrFN2O. The fraction of sp³-hybridized carbons (Fsp3) is 0.0833. The Balaban J connectivity index is 2.44. The van der Waals surface area contributed by atoms with Crippen LogP contribution in [0.3, 0.4) is 0 Å². The summed E-state index contributed by atoms with van der Waals surface area (Å²) in [4.78, 5) is 3.86. The molecule has 0 saturated heterocycles. The Hall–Kier alpha value is -1.46. The van der Waals surface area contributed by atoms with Crippen molar-refractivity contribution < 1.29 is 9.50 Å². The number of hydrogen-bond donors (Lipinski definition) is 2. The van der Waals surface area contributed by atoms with Gasteiger partial charge >= 0.3 is 0 Å². The van der Waals surface area contributed by atoms with Crippen molar-refractivity contribution in [3.63, 3.8) is 0 Å². The van der Waals surface area contributed by atoms with Crippen LogP contribution in [0.1, 0.15) is 17.2 Å². The second-order valence-corrected chi connectivity index (χ2v) is 4.46. The van der Waals surface area contributed by atoms with Crippen molar-refractivity contribution in [1.29, 1.82) is 0 Å². The molecule has 0 aliphatic rings. The number of aliphatic hydroxyl groups is 1. The van der Waals surface area contributed by atoms with E-state index in [1.54, 1.807) is 18.2 Å². The number of rotatable bonds is 2. The first-order valence-corrected chi connectivity index (χ1v) is 5.72. The molecule has 0 spiro atoms. The minimum atomic E-state index is -1.11. The van der Waals surface area contributed by atoms with Gasteiger partial charge in [-0.1, -0.05) is 28.1 Å². The second-order valence-electron chi connectivity index (χ2n) is 3.55. The van der Waals surface area contributed by atoms with E-state index >= 15 is 0 Å². The number of nitrogen functional groups attached to an aromatic ring is 1. The van der Waals surface area contributed by atoms with Crippen LogP contribution in [0.5, 0.6) is 0 Å². The molecule has 1 unspecified atom stereocenters. The van der Waals surface area contributed by atoms with E-state index in [1.807, 2.05) is 0 Å². The summed E-state index contributed by atoms with van der Waals surface area (Å²) < 4.78 is 14.3. The molecule has 1 aromatic carbocycles. The van der Waals surface area contributed by atoms with Crippen molar-refractivity contribution in [2.75, 3.05) is 5.73 Å². The summed E-state index contributed by atoms with van der Waals surface area (Å²) in [5, 5.41) is 10.1. The molecule has 2 rings (SSSR count). The van der Waals surface area contributed by atoms with Crippen LogP contribution in [-0.2, 0) is 0 Å². The Labute approximate surface area is 106 Å². The summed E-state index contributed by atoms with van der Waals surface area (Å²) >= 11 is 3.16. The predicted octanol–water partition coefficient (Wildman–Crippen LogP) is 2.65. The maximum absolute atomic E-state index is 13.7. The van der Waals surface area contributed by atoms with E-state index in [4.69, 9.17) is 5.73 Å². The maximum Gasteiger partial charge on any atom is 0.130 e. The van der Waals surface area contributed by atoms with Gasteiger partial charge in [-0.2, -0.15) is 0 Å². The van der Waals surface area contributed by atoms with E-state index < -0.39 is 11.9 Å². The van der Waals surface area contributed by atoms with Crippen LogP contribution in [0.2, 0.25) is 0 Å². The van der Waals surface area contributed by atoms with Crippen molar-refractivity contribution in [3.05, 3.63) is 57.9 Å². The van der Waals surface area contributed by atoms with Crippen LogP contribution < -0.4 is 5.73 Å². The van der Waals surface area contributed by atoms with Crippen molar-refractivity contribution >= 4 is 21.7 Å². The number of aliphatic hydroxyl groups excluding tert-OH is 1. The molecule has 0 fully saturated rings. The van der Waals surface area contributed by atoms with Crippen LogP contribution in [0, 0.1) is 5.82 Å². The fourth-order valence-corrected chi connectivity index (χ4v) is 1.89. The molecule has 1 heterocycles. The lowest BCUT2D eigenvalue weighted by atomic mass is 10.0. The zero-order valence-electron chi connectivity index (χ0n) is 8.77. The molecule has 2 aromatic rings. The van der Waals surface area contributed by atoms with Crippen LogP contribution in [-0.4, -0.2) is 10.1 Å². The highest BCUT2D eigenvalue weighted by Gasteiger charge is 2.17. The first-order valence-electron chi connectivity index (χ1n) is 4.93. The van der Waals surface area contributed by atoms with Crippen molar-refractivity contribution in [3.8, 4) is 0 Å². The van der Waals surface area contributed by atoms with Crippen LogP contribution in [0.15, 0.2) is 41.0 Å². The van der Waals surface area contributed by atoms with Gasteiger partial charge in [-0.05, 0) is 18.2 Å². The first kappa shape index (κ1) is 12.0. The Morgan fingerprint density at radius 3 is 2.71 bits per heavy atom. The molecular weight excluding hydrogens is 287 g/mol. The van der Waals surface area contributed by atoms with Gasteiger partial charge in [0.15, 0.2) is 0 Å². The molecule has 1 aromatic heterocycles. The zero-order valence-corrected chi connectivity index (χ0v) is 10.4. The summed E-state index contributed by atoms with van der Waals surface area (Å²) in [7, 11) is 0. The largest absolute Gasteiger partial charge is 0.383 e. The third kappa shape index (κ3) is 2.45. The highest BCUT2D eigenvalue weighted by atomic mass is 79.9. The highest BCUT2D eigenvalue weighted by Crippen LogP contribution is 2.28. The topological polar surface area (TPSA) is 59.1 Å². The third-order valence-corrected chi connectivity index (χ3v) is 2.92. The molecule has 5 heteroatoms.